The SMILES string of the molecule is CC(C=Cc1ccc2c(c1)OCO2)=NNC(=O)c1ccccc1Br. The smallest absolute Gasteiger partial charge is 0.272 e. The molecular formula is C18H15BrN2O3. The highest BCUT2D eigenvalue weighted by atomic mass is 79.9. The molecular weight excluding hydrogens is 372 g/mol. The van der Waals surface area contributed by atoms with E-state index in [1.165, 1.54) is 0 Å². The molecule has 3 rings (SSSR count). The lowest BCUT2D eigenvalue weighted by atomic mass is 10.2. The lowest BCUT2D eigenvalue weighted by Crippen LogP contribution is -2.19. The van der Waals surface area contributed by atoms with E-state index in [1.807, 2.05) is 49.4 Å². The van der Waals surface area contributed by atoms with Crippen molar-refractivity contribution >= 4 is 33.6 Å². The third-order valence-corrected chi connectivity index (χ3v) is 4.06. The second-order valence-electron chi connectivity index (χ2n) is 5.12. The first-order valence-electron chi connectivity index (χ1n) is 7.30. The highest BCUT2D eigenvalue weighted by Crippen LogP contribution is 2.32. The summed E-state index contributed by atoms with van der Waals surface area (Å²) in [6.45, 7) is 2.06. The second-order valence-corrected chi connectivity index (χ2v) is 5.97. The van der Waals surface area contributed by atoms with Crippen molar-refractivity contribution in [2.24, 2.45) is 5.10 Å². The maximum Gasteiger partial charge on any atom is 0.272 e. The van der Waals surface area contributed by atoms with Gasteiger partial charge in [-0.3, -0.25) is 4.79 Å². The average Bonchev–Trinajstić information content (AvgIpc) is 3.06. The fraction of sp³-hybridized carbons (Fsp3) is 0.111. The molecule has 0 atom stereocenters. The van der Waals surface area contributed by atoms with Crippen molar-refractivity contribution in [3.05, 3.63) is 64.1 Å². The van der Waals surface area contributed by atoms with Crippen LogP contribution in [0.2, 0.25) is 0 Å². The summed E-state index contributed by atoms with van der Waals surface area (Å²) < 4.78 is 11.3. The van der Waals surface area contributed by atoms with Crippen LogP contribution in [0.4, 0.5) is 0 Å². The van der Waals surface area contributed by atoms with Gasteiger partial charge in [0.05, 0.1) is 11.3 Å². The standard InChI is InChI=1S/C18H15BrN2O3/c1-12(20-21-18(22)14-4-2-3-5-15(14)19)6-7-13-8-9-16-17(10-13)24-11-23-16/h2-10H,11H2,1H3,(H,21,22). The molecule has 0 spiro atoms. The summed E-state index contributed by atoms with van der Waals surface area (Å²) in [5, 5.41) is 4.08. The molecule has 0 fully saturated rings. The van der Waals surface area contributed by atoms with E-state index in [4.69, 9.17) is 9.47 Å². The first-order chi connectivity index (χ1) is 11.6. The predicted octanol–water partition coefficient (Wildman–Crippen LogP) is 4.00. The van der Waals surface area contributed by atoms with Crippen molar-refractivity contribution in [1.82, 2.24) is 5.43 Å². The van der Waals surface area contributed by atoms with Gasteiger partial charge >= 0.3 is 0 Å². The van der Waals surface area contributed by atoms with Gasteiger partial charge in [0.15, 0.2) is 11.5 Å². The number of hydrazone groups is 1. The maximum atomic E-state index is 12.1. The van der Waals surface area contributed by atoms with Crippen molar-refractivity contribution in [1.29, 1.82) is 0 Å². The molecule has 6 heteroatoms. The van der Waals surface area contributed by atoms with Crippen LogP contribution < -0.4 is 14.9 Å². The number of nitrogens with zero attached hydrogens (tertiary/aromatic N) is 1. The topological polar surface area (TPSA) is 59.9 Å². The number of rotatable bonds is 4. The number of carbonyl (C=O) groups excluding carboxylic acids is 1. The number of fused-ring (bicyclic) bond motifs is 1. The van der Waals surface area contributed by atoms with Crippen LogP contribution in [-0.2, 0) is 0 Å². The van der Waals surface area contributed by atoms with Gasteiger partial charge in [-0.2, -0.15) is 5.10 Å². The molecule has 0 saturated carbocycles. The van der Waals surface area contributed by atoms with Crippen molar-refractivity contribution in [2.45, 2.75) is 6.92 Å². The van der Waals surface area contributed by atoms with Crippen LogP contribution in [0.5, 0.6) is 11.5 Å². The number of benzene rings is 2. The zero-order chi connectivity index (χ0) is 16.9. The molecule has 1 aliphatic heterocycles. The van der Waals surface area contributed by atoms with Crippen molar-refractivity contribution in [2.75, 3.05) is 6.79 Å². The van der Waals surface area contributed by atoms with Gasteiger partial charge in [-0.05, 0) is 58.8 Å². The minimum Gasteiger partial charge on any atom is -0.454 e. The quantitative estimate of drug-likeness (QED) is 0.638. The second kappa shape index (κ2) is 7.31. The van der Waals surface area contributed by atoms with Crippen molar-refractivity contribution in [3.8, 4) is 11.5 Å². The first kappa shape index (κ1) is 16.3. The number of nitrogens with one attached hydrogen (secondary N) is 1. The van der Waals surface area contributed by atoms with E-state index in [0.29, 0.717) is 11.3 Å². The van der Waals surface area contributed by atoms with Gasteiger partial charge in [0.1, 0.15) is 0 Å². The Bertz CT molecular complexity index is 831. The number of carbonyl (C=O) groups is 1. The van der Waals surface area contributed by atoms with Crippen LogP contribution in [0.3, 0.4) is 0 Å². The van der Waals surface area contributed by atoms with E-state index < -0.39 is 0 Å². The summed E-state index contributed by atoms with van der Waals surface area (Å²) in [6, 6.07) is 12.9. The number of halogens is 1. The zero-order valence-electron chi connectivity index (χ0n) is 13.0. The molecule has 1 heterocycles. The molecule has 0 radical (unpaired) electrons. The van der Waals surface area contributed by atoms with Gasteiger partial charge in [-0.15, -0.1) is 0 Å². The van der Waals surface area contributed by atoms with Crippen LogP contribution in [-0.4, -0.2) is 18.4 Å². The average molecular weight is 387 g/mol. The Labute approximate surface area is 148 Å². The van der Waals surface area contributed by atoms with Crippen LogP contribution in [0.25, 0.3) is 6.08 Å². The fourth-order valence-corrected chi connectivity index (χ4v) is 2.58. The molecule has 122 valence electrons. The Morgan fingerprint density at radius 2 is 2.00 bits per heavy atom. The Morgan fingerprint density at radius 3 is 2.83 bits per heavy atom. The van der Waals surface area contributed by atoms with Crippen LogP contribution in [0.15, 0.2) is 58.1 Å². The molecule has 0 unspecified atom stereocenters. The number of ether oxygens (including phenoxy) is 2. The lowest BCUT2D eigenvalue weighted by molar-refractivity contribution is 0.0954. The van der Waals surface area contributed by atoms with E-state index in [2.05, 4.69) is 26.5 Å². The molecule has 24 heavy (non-hydrogen) atoms. The van der Waals surface area contributed by atoms with Crippen molar-refractivity contribution < 1.29 is 14.3 Å². The van der Waals surface area contributed by atoms with Gasteiger partial charge in [-0.25, -0.2) is 5.43 Å². The summed E-state index contributed by atoms with van der Waals surface area (Å²) in [5.74, 6) is 1.21. The summed E-state index contributed by atoms with van der Waals surface area (Å²) in [7, 11) is 0. The Balaban J connectivity index is 1.64. The Hall–Kier alpha value is -2.60. The van der Waals surface area contributed by atoms with E-state index in [9.17, 15) is 4.79 Å². The lowest BCUT2D eigenvalue weighted by Gasteiger charge is -2.02. The molecule has 0 aromatic heterocycles. The van der Waals surface area contributed by atoms with Crippen LogP contribution in [0.1, 0.15) is 22.8 Å². The molecule has 1 N–H and O–H groups in total. The highest BCUT2D eigenvalue weighted by molar-refractivity contribution is 9.10. The van der Waals surface area contributed by atoms with Gasteiger partial charge in [-0.1, -0.05) is 24.3 Å². The van der Waals surface area contributed by atoms with E-state index in [0.717, 1.165) is 21.5 Å². The summed E-state index contributed by atoms with van der Waals surface area (Å²) >= 11 is 3.34. The number of hydrogen-bond donors (Lipinski definition) is 1. The van der Waals surface area contributed by atoms with Gasteiger partial charge in [0.25, 0.3) is 5.91 Å². The molecule has 1 amide bonds. The number of amides is 1. The van der Waals surface area contributed by atoms with Gasteiger partial charge in [0, 0.05) is 4.47 Å². The van der Waals surface area contributed by atoms with Gasteiger partial charge < -0.3 is 9.47 Å². The third-order valence-electron chi connectivity index (χ3n) is 3.37. The molecule has 2 aromatic carbocycles. The highest BCUT2D eigenvalue weighted by Gasteiger charge is 2.12. The molecule has 5 nitrogen and oxygen atoms in total. The Kier molecular flexibility index (Phi) is 4.96. The molecule has 1 aliphatic rings. The molecule has 0 bridgehead atoms. The number of hydrogen-bond acceptors (Lipinski definition) is 4. The van der Waals surface area contributed by atoms with E-state index in [-0.39, 0.29) is 12.7 Å². The van der Waals surface area contributed by atoms with Crippen LogP contribution >= 0.6 is 15.9 Å². The zero-order valence-corrected chi connectivity index (χ0v) is 14.5. The van der Waals surface area contributed by atoms with E-state index >= 15 is 0 Å². The van der Waals surface area contributed by atoms with Crippen molar-refractivity contribution in [3.63, 3.8) is 0 Å². The largest absolute Gasteiger partial charge is 0.454 e. The number of allylic oxidation sites excluding steroid dienone is 1. The fourth-order valence-electron chi connectivity index (χ4n) is 2.12. The maximum absolute atomic E-state index is 12.1. The molecule has 0 aliphatic carbocycles. The minimum atomic E-state index is -0.265. The van der Waals surface area contributed by atoms with Crippen LogP contribution in [0, 0.1) is 0 Å². The first-order valence-corrected chi connectivity index (χ1v) is 8.09. The summed E-state index contributed by atoms with van der Waals surface area (Å²) in [5.41, 5.74) is 4.71. The normalized spacial score (nSPS) is 13.3. The summed E-state index contributed by atoms with van der Waals surface area (Å²) in [6.07, 6.45) is 3.71. The predicted molar refractivity (Wildman–Crippen MR) is 96.3 cm³/mol. The molecule has 2 aromatic rings. The minimum absolute atomic E-state index is 0.254. The van der Waals surface area contributed by atoms with E-state index in [1.54, 1.807) is 12.1 Å². The Morgan fingerprint density at radius 1 is 1.21 bits per heavy atom. The monoisotopic (exact) mass is 386 g/mol. The third kappa shape index (κ3) is 3.83. The van der Waals surface area contributed by atoms with Gasteiger partial charge in [0.2, 0.25) is 6.79 Å². The summed E-state index contributed by atoms with van der Waals surface area (Å²) in [4.78, 5) is 12.1. The molecule has 0 saturated heterocycles.